The summed E-state index contributed by atoms with van der Waals surface area (Å²) in [4.78, 5) is 16.9. The number of halogens is 2. The van der Waals surface area contributed by atoms with Gasteiger partial charge in [0.15, 0.2) is 0 Å². The molecule has 1 atom stereocenters. The molecule has 1 amide bonds. The second kappa shape index (κ2) is 8.79. The zero-order chi connectivity index (χ0) is 17.1. The highest BCUT2D eigenvalue weighted by Gasteiger charge is 2.28. The lowest BCUT2D eigenvalue weighted by Gasteiger charge is -2.28. The molecule has 0 saturated carbocycles. The third kappa shape index (κ3) is 4.81. The highest BCUT2D eigenvalue weighted by atomic mass is 35.5. The zero-order valence-electron chi connectivity index (χ0n) is 14.5. The Kier molecular flexibility index (Phi) is 6.99. The Bertz CT molecular complexity index is 713. The third-order valence-electron chi connectivity index (χ3n) is 4.41. The van der Waals surface area contributed by atoms with Crippen LogP contribution in [0.1, 0.15) is 25.1 Å². The van der Waals surface area contributed by atoms with Crippen molar-refractivity contribution in [3.05, 3.63) is 47.1 Å². The number of hydrogen-bond acceptors (Lipinski definition) is 3. The quantitative estimate of drug-likeness (QED) is 0.835. The molecule has 0 spiro atoms. The molecule has 136 valence electrons. The fourth-order valence-electron chi connectivity index (χ4n) is 3.04. The van der Waals surface area contributed by atoms with E-state index in [1.807, 2.05) is 23.1 Å². The molecule has 0 radical (unpaired) electrons. The predicted octanol–water partition coefficient (Wildman–Crippen LogP) is 4.32. The van der Waals surface area contributed by atoms with Crippen LogP contribution in [0.4, 0.5) is 4.39 Å². The first-order valence-corrected chi connectivity index (χ1v) is 9.22. The minimum absolute atomic E-state index is 0. The van der Waals surface area contributed by atoms with Gasteiger partial charge in [-0.15, -0.1) is 23.7 Å². The van der Waals surface area contributed by atoms with Crippen molar-refractivity contribution in [2.75, 3.05) is 13.1 Å². The largest absolute Gasteiger partial charge is 0.335 e. The first-order chi connectivity index (χ1) is 11.5. The minimum Gasteiger partial charge on any atom is -0.335 e. The fourth-order valence-corrected chi connectivity index (χ4v) is 4.05. The number of carbonyl (C=O) groups is 1. The van der Waals surface area contributed by atoms with Crippen molar-refractivity contribution in [3.8, 4) is 10.4 Å². The maximum atomic E-state index is 13.4. The molecule has 2 aromatic rings. The smallest absolute Gasteiger partial charge is 0.227 e. The van der Waals surface area contributed by atoms with Crippen LogP contribution in [0.15, 0.2) is 36.4 Å². The summed E-state index contributed by atoms with van der Waals surface area (Å²) in [5.41, 5.74) is 0.883. The molecule has 1 unspecified atom stereocenters. The standard InChI is InChI=1S/C19H23FN2OS.ClH/c1-13(2)22(19(23)15-8-9-21-11-15)12-17-6-7-18(24-17)14-4-3-5-16(20)10-14;/h3-7,10,13,15,21H,8-9,11-12H2,1-2H3;1H. The molecule has 1 aliphatic rings. The van der Waals surface area contributed by atoms with Crippen LogP contribution in [0.2, 0.25) is 0 Å². The van der Waals surface area contributed by atoms with Gasteiger partial charge in [0.25, 0.3) is 0 Å². The van der Waals surface area contributed by atoms with Crippen LogP contribution in [0.25, 0.3) is 10.4 Å². The van der Waals surface area contributed by atoms with Crippen LogP contribution < -0.4 is 5.32 Å². The molecule has 1 fully saturated rings. The van der Waals surface area contributed by atoms with E-state index in [1.165, 1.54) is 6.07 Å². The summed E-state index contributed by atoms with van der Waals surface area (Å²) in [5, 5.41) is 3.26. The van der Waals surface area contributed by atoms with Gasteiger partial charge in [-0.2, -0.15) is 0 Å². The van der Waals surface area contributed by atoms with Gasteiger partial charge in [0.05, 0.1) is 12.5 Å². The molecular formula is C19H24ClFN2OS. The van der Waals surface area contributed by atoms with Gasteiger partial charge in [-0.05, 0) is 56.6 Å². The molecule has 6 heteroatoms. The maximum absolute atomic E-state index is 13.4. The van der Waals surface area contributed by atoms with Gasteiger partial charge in [0, 0.05) is 22.3 Å². The highest BCUT2D eigenvalue weighted by molar-refractivity contribution is 7.15. The average Bonchev–Trinajstić information content (AvgIpc) is 3.23. The summed E-state index contributed by atoms with van der Waals surface area (Å²) >= 11 is 1.62. The van der Waals surface area contributed by atoms with Gasteiger partial charge in [0.2, 0.25) is 5.91 Å². The first kappa shape index (κ1) is 19.9. The van der Waals surface area contributed by atoms with Crippen LogP contribution in [0.5, 0.6) is 0 Å². The number of nitrogens with zero attached hydrogens (tertiary/aromatic N) is 1. The van der Waals surface area contributed by atoms with Gasteiger partial charge in [0.1, 0.15) is 5.82 Å². The molecule has 1 aromatic carbocycles. The van der Waals surface area contributed by atoms with Gasteiger partial charge in [-0.3, -0.25) is 4.79 Å². The SMILES string of the molecule is CC(C)N(Cc1ccc(-c2cccc(F)c2)s1)C(=O)C1CCNC1.Cl. The van der Waals surface area contributed by atoms with Crippen molar-refractivity contribution in [2.24, 2.45) is 5.92 Å². The van der Waals surface area contributed by atoms with Crippen molar-refractivity contribution in [3.63, 3.8) is 0 Å². The maximum Gasteiger partial charge on any atom is 0.227 e. The lowest BCUT2D eigenvalue weighted by Crippen LogP contribution is -2.40. The number of rotatable bonds is 5. The molecule has 1 aromatic heterocycles. The Morgan fingerprint density at radius 1 is 1.36 bits per heavy atom. The van der Waals surface area contributed by atoms with E-state index >= 15 is 0 Å². The Hall–Kier alpha value is -1.43. The van der Waals surface area contributed by atoms with E-state index in [1.54, 1.807) is 23.5 Å². The Labute approximate surface area is 158 Å². The summed E-state index contributed by atoms with van der Waals surface area (Å²) < 4.78 is 13.4. The number of benzene rings is 1. The van der Waals surface area contributed by atoms with Gasteiger partial charge in [-0.25, -0.2) is 4.39 Å². The average molecular weight is 383 g/mol. The van der Waals surface area contributed by atoms with Crippen LogP contribution in [-0.4, -0.2) is 29.9 Å². The van der Waals surface area contributed by atoms with Gasteiger partial charge < -0.3 is 10.2 Å². The molecule has 2 heterocycles. The second-order valence-corrected chi connectivity index (χ2v) is 7.69. The number of nitrogens with one attached hydrogen (secondary N) is 1. The van der Waals surface area contributed by atoms with E-state index < -0.39 is 0 Å². The second-order valence-electron chi connectivity index (χ2n) is 6.53. The van der Waals surface area contributed by atoms with E-state index in [0.29, 0.717) is 6.54 Å². The van der Waals surface area contributed by atoms with Crippen molar-refractivity contribution in [1.29, 1.82) is 0 Å². The van der Waals surface area contributed by atoms with Crippen molar-refractivity contribution in [2.45, 2.75) is 32.9 Å². The lowest BCUT2D eigenvalue weighted by atomic mass is 10.1. The molecular weight excluding hydrogens is 359 g/mol. The molecule has 3 nitrogen and oxygen atoms in total. The molecule has 1 saturated heterocycles. The number of thiophene rings is 1. The lowest BCUT2D eigenvalue weighted by molar-refractivity contribution is -0.137. The minimum atomic E-state index is -0.227. The summed E-state index contributed by atoms with van der Waals surface area (Å²) in [6.45, 7) is 6.43. The van der Waals surface area contributed by atoms with Crippen molar-refractivity contribution >= 4 is 29.7 Å². The summed E-state index contributed by atoms with van der Waals surface area (Å²) in [7, 11) is 0. The Morgan fingerprint density at radius 3 is 2.80 bits per heavy atom. The number of hydrogen-bond donors (Lipinski definition) is 1. The summed E-state index contributed by atoms with van der Waals surface area (Å²) in [6.07, 6.45) is 0.918. The highest BCUT2D eigenvalue weighted by Crippen LogP contribution is 2.30. The predicted molar refractivity (Wildman–Crippen MR) is 104 cm³/mol. The normalized spacial score (nSPS) is 16.7. The fraction of sp³-hybridized carbons (Fsp3) is 0.421. The molecule has 25 heavy (non-hydrogen) atoms. The molecule has 0 bridgehead atoms. The van der Waals surface area contributed by atoms with Crippen molar-refractivity contribution in [1.82, 2.24) is 10.2 Å². The number of carbonyl (C=O) groups excluding carboxylic acids is 1. The van der Waals surface area contributed by atoms with E-state index in [-0.39, 0.29) is 36.1 Å². The van der Waals surface area contributed by atoms with Crippen LogP contribution in [-0.2, 0) is 11.3 Å². The monoisotopic (exact) mass is 382 g/mol. The number of amides is 1. The molecule has 1 N–H and O–H groups in total. The molecule has 0 aliphatic carbocycles. The van der Waals surface area contributed by atoms with E-state index in [4.69, 9.17) is 0 Å². The first-order valence-electron chi connectivity index (χ1n) is 8.40. The summed E-state index contributed by atoms with van der Waals surface area (Å²) in [5.74, 6) is 0.0981. The summed E-state index contributed by atoms with van der Waals surface area (Å²) in [6, 6.07) is 10.8. The van der Waals surface area contributed by atoms with E-state index in [9.17, 15) is 9.18 Å². The Balaban J connectivity index is 0.00000225. The van der Waals surface area contributed by atoms with Gasteiger partial charge >= 0.3 is 0 Å². The van der Waals surface area contributed by atoms with E-state index in [2.05, 4.69) is 19.2 Å². The van der Waals surface area contributed by atoms with Crippen LogP contribution >= 0.6 is 23.7 Å². The van der Waals surface area contributed by atoms with Crippen LogP contribution in [0, 0.1) is 11.7 Å². The van der Waals surface area contributed by atoms with Gasteiger partial charge in [-0.1, -0.05) is 12.1 Å². The third-order valence-corrected chi connectivity index (χ3v) is 5.53. The van der Waals surface area contributed by atoms with Crippen molar-refractivity contribution < 1.29 is 9.18 Å². The van der Waals surface area contributed by atoms with E-state index in [0.717, 1.165) is 34.8 Å². The van der Waals surface area contributed by atoms with Crippen LogP contribution in [0.3, 0.4) is 0 Å². The topological polar surface area (TPSA) is 32.3 Å². The zero-order valence-corrected chi connectivity index (χ0v) is 16.1. The molecule has 1 aliphatic heterocycles. The molecule has 3 rings (SSSR count). The Morgan fingerprint density at radius 2 is 2.16 bits per heavy atom.